The lowest BCUT2D eigenvalue weighted by Gasteiger charge is -2.47. The lowest BCUT2D eigenvalue weighted by Crippen LogP contribution is -2.53. The Morgan fingerprint density at radius 1 is 1.02 bits per heavy atom. The van der Waals surface area contributed by atoms with Crippen LogP contribution in [0.15, 0.2) is 83.3 Å². The number of rotatable bonds is 5. The highest BCUT2D eigenvalue weighted by Crippen LogP contribution is 2.45. The number of para-hydroxylation sites is 1. The van der Waals surface area contributed by atoms with Gasteiger partial charge >= 0.3 is 0 Å². The van der Waals surface area contributed by atoms with Crippen LogP contribution in [0.1, 0.15) is 31.1 Å². The number of pyridine rings is 1. The number of anilines is 2. The minimum Gasteiger partial charge on any atom is -0.378 e. The zero-order valence-corrected chi connectivity index (χ0v) is 25.0. The fourth-order valence-electron chi connectivity index (χ4n) is 5.45. The van der Waals surface area contributed by atoms with Crippen molar-refractivity contribution in [2.75, 3.05) is 49.3 Å². The van der Waals surface area contributed by atoms with E-state index < -0.39 is 21.3 Å². The molecule has 2 aromatic carbocycles. The van der Waals surface area contributed by atoms with Crippen molar-refractivity contribution in [2.24, 2.45) is 5.41 Å². The number of hydrogen-bond acceptors (Lipinski definition) is 7. The van der Waals surface area contributed by atoms with E-state index in [1.54, 1.807) is 24.3 Å². The molecule has 0 radical (unpaired) electrons. The number of Topliss-reactive ketones (excluding diaryl/α,β-unsaturated/α-hetero) is 1. The largest absolute Gasteiger partial charge is 0.378 e. The Kier molecular flexibility index (Phi) is 8.26. The van der Waals surface area contributed by atoms with Crippen LogP contribution in [0.5, 0.6) is 0 Å². The molecule has 0 aliphatic carbocycles. The van der Waals surface area contributed by atoms with Crippen LogP contribution in [0.2, 0.25) is 0 Å². The summed E-state index contributed by atoms with van der Waals surface area (Å²) < 4.78 is 29.7. The second kappa shape index (κ2) is 11.7. The molecule has 1 N–H and O–H groups in total. The van der Waals surface area contributed by atoms with Crippen LogP contribution in [0.3, 0.4) is 0 Å². The molecular formula is C31H34N4O4S2. The van der Waals surface area contributed by atoms with Gasteiger partial charge in [0, 0.05) is 37.2 Å². The number of piperidine rings is 1. The first-order valence-corrected chi connectivity index (χ1v) is 15.8. The maximum atomic E-state index is 14.1. The molecule has 3 aromatic rings. The third-order valence-electron chi connectivity index (χ3n) is 7.54. The van der Waals surface area contributed by atoms with Crippen LogP contribution in [0.4, 0.5) is 11.5 Å². The lowest BCUT2D eigenvalue weighted by atomic mass is 9.71. The Hall–Kier alpha value is -3.60. The SMILES string of the molecule is CC1(C)C(=O)C(=Cc2cccc(N3CCOCC3)n2)CN(C(=S)Nc2ccccc2)C1c1ccc(S(C)(=O)=O)cc1. The highest BCUT2D eigenvalue weighted by atomic mass is 32.2. The number of thiocarbonyl (C=S) groups is 1. The fourth-order valence-corrected chi connectivity index (χ4v) is 6.37. The van der Waals surface area contributed by atoms with E-state index >= 15 is 0 Å². The van der Waals surface area contributed by atoms with Crippen molar-refractivity contribution in [3.05, 3.63) is 89.6 Å². The summed E-state index contributed by atoms with van der Waals surface area (Å²) in [5.41, 5.74) is 2.05. The van der Waals surface area contributed by atoms with Gasteiger partial charge in [0.05, 0.1) is 35.3 Å². The molecule has 2 aliphatic rings. The van der Waals surface area contributed by atoms with Crippen LogP contribution in [0, 0.1) is 5.41 Å². The Morgan fingerprint density at radius 3 is 2.37 bits per heavy atom. The van der Waals surface area contributed by atoms with Crippen LogP contribution < -0.4 is 10.2 Å². The number of morpholine rings is 1. The first-order chi connectivity index (χ1) is 19.5. The Bertz CT molecular complexity index is 1570. The van der Waals surface area contributed by atoms with E-state index in [-0.39, 0.29) is 17.2 Å². The molecule has 0 bridgehead atoms. The van der Waals surface area contributed by atoms with Crippen LogP contribution in [-0.4, -0.2) is 68.3 Å². The molecule has 41 heavy (non-hydrogen) atoms. The first kappa shape index (κ1) is 28.9. The molecule has 2 aliphatic heterocycles. The van der Waals surface area contributed by atoms with E-state index in [2.05, 4.69) is 10.2 Å². The molecular weight excluding hydrogens is 556 g/mol. The molecule has 8 nitrogen and oxygen atoms in total. The zero-order valence-electron chi connectivity index (χ0n) is 23.4. The Morgan fingerprint density at radius 2 is 1.71 bits per heavy atom. The Balaban J connectivity index is 1.52. The standard InChI is InChI=1S/C31H34N4O4S2/c1-31(2)28(22-12-14-26(15-13-22)41(3,37)38)35(30(40)33-24-8-5-4-6-9-24)21-23(29(31)36)20-25-10-7-11-27(32-25)34-16-18-39-19-17-34/h4-15,20,28H,16-19,21H2,1-3H3,(H,33,40). The Labute approximate surface area is 247 Å². The lowest BCUT2D eigenvalue weighted by molar-refractivity contribution is -0.128. The molecule has 2 fully saturated rings. The van der Waals surface area contributed by atoms with Gasteiger partial charge in [-0.25, -0.2) is 13.4 Å². The fraction of sp³-hybridized carbons (Fsp3) is 0.323. The van der Waals surface area contributed by atoms with Gasteiger partial charge in [0.1, 0.15) is 5.82 Å². The van der Waals surface area contributed by atoms with Gasteiger partial charge in [-0.15, -0.1) is 0 Å². The van der Waals surface area contributed by atoms with Crippen LogP contribution in [0.25, 0.3) is 6.08 Å². The molecule has 1 atom stereocenters. The number of benzene rings is 2. The second-order valence-electron chi connectivity index (χ2n) is 10.9. The predicted molar refractivity (Wildman–Crippen MR) is 166 cm³/mol. The monoisotopic (exact) mass is 590 g/mol. The molecule has 5 rings (SSSR count). The summed E-state index contributed by atoms with van der Waals surface area (Å²) in [6, 6.07) is 21.8. The predicted octanol–water partition coefficient (Wildman–Crippen LogP) is 4.75. The van der Waals surface area contributed by atoms with Crippen molar-refractivity contribution in [3.63, 3.8) is 0 Å². The molecule has 3 heterocycles. The molecule has 1 unspecified atom stereocenters. The van der Waals surface area contributed by atoms with Crippen molar-refractivity contribution >= 4 is 50.5 Å². The van der Waals surface area contributed by atoms with Crippen molar-refractivity contribution in [1.82, 2.24) is 9.88 Å². The van der Waals surface area contributed by atoms with E-state index in [4.69, 9.17) is 21.9 Å². The molecule has 0 amide bonds. The summed E-state index contributed by atoms with van der Waals surface area (Å²) in [4.78, 5) is 23.3. The molecule has 0 spiro atoms. The summed E-state index contributed by atoms with van der Waals surface area (Å²) in [5, 5.41) is 3.79. The van der Waals surface area contributed by atoms with Crippen molar-refractivity contribution in [3.8, 4) is 0 Å². The van der Waals surface area contributed by atoms with Gasteiger partial charge in [0.15, 0.2) is 20.7 Å². The quantitative estimate of drug-likeness (QED) is 0.334. The summed E-state index contributed by atoms with van der Waals surface area (Å²) in [7, 11) is -3.36. The van der Waals surface area contributed by atoms with Crippen molar-refractivity contribution in [1.29, 1.82) is 0 Å². The van der Waals surface area contributed by atoms with E-state index in [0.29, 0.717) is 29.6 Å². The number of carbonyl (C=O) groups excluding carboxylic acids is 1. The smallest absolute Gasteiger partial charge is 0.175 e. The molecule has 214 valence electrons. The number of aromatic nitrogens is 1. The van der Waals surface area contributed by atoms with Crippen molar-refractivity contribution in [2.45, 2.75) is 24.8 Å². The summed E-state index contributed by atoms with van der Waals surface area (Å²) in [6.07, 6.45) is 3.04. The van der Waals surface area contributed by atoms with E-state index in [9.17, 15) is 13.2 Å². The van der Waals surface area contributed by atoms with E-state index in [1.165, 1.54) is 6.26 Å². The number of carbonyl (C=O) groups is 1. The number of nitrogens with zero attached hydrogens (tertiary/aromatic N) is 3. The van der Waals surface area contributed by atoms with Gasteiger partial charge < -0.3 is 19.9 Å². The van der Waals surface area contributed by atoms with Gasteiger partial charge in [-0.2, -0.15) is 0 Å². The average molecular weight is 591 g/mol. The topological polar surface area (TPSA) is 91.8 Å². The summed E-state index contributed by atoms with van der Waals surface area (Å²) in [5.74, 6) is 0.846. The van der Waals surface area contributed by atoms with Gasteiger partial charge in [-0.05, 0) is 60.3 Å². The summed E-state index contributed by atoms with van der Waals surface area (Å²) >= 11 is 5.93. The minimum absolute atomic E-state index is 0.00738. The average Bonchev–Trinajstić information content (AvgIpc) is 2.96. The summed E-state index contributed by atoms with van der Waals surface area (Å²) in [6.45, 7) is 6.95. The third kappa shape index (κ3) is 6.34. The maximum Gasteiger partial charge on any atom is 0.175 e. The molecule has 2 saturated heterocycles. The van der Waals surface area contributed by atoms with Gasteiger partial charge in [0.2, 0.25) is 0 Å². The van der Waals surface area contributed by atoms with Crippen LogP contribution >= 0.6 is 12.2 Å². The number of sulfone groups is 1. The minimum atomic E-state index is -3.36. The van der Waals surface area contributed by atoms with E-state index in [0.717, 1.165) is 30.2 Å². The second-order valence-corrected chi connectivity index (χ2v) is 13.3. The number of nitrogens with one attached hydrogen (secondary N) is 1. The number of ketones is 1. The normalized spacial score (nSPS) is 20.2. The van der Waals surface area contributed by atoms with Gasteiger partial charge in [-0.1, -0.05) is 50.2 Å². The van der Waals surface area contributed by atoms with Gasteiger partial charge in [-0.3, -0.25) is 4.79 Å². The number of hydrogen-bond donors (Lipinski definition) is 1. The van der Waals surface area contributed by atoms with Gasteiger partial charge in [0.25, 0.3) is 0 Å². The maximum absolute atomic E-state index is 14.1. The third-order valence-corrected chi connectivity index (χ3v) is 9.00. The number of likely N-dealkylation sites (tertiary alicyclic amines) is 1. The highest BCUT2D eigenvalue weighted by molar-refractivity contribution is 7.90. The van der Waals surface area contributed by atoms with Crippen molar-refractivity contribution < 1.29 is 17.9 Å². The molecule has 10 heteroatoms. The molecule has 0 saturated carbocycles. The van der Waals surface area contributed by atoms with Crippen LogP contribution in [-0.2, 0) is 19.4 Å². The number of ether oxygens (including phenoxy) is 1. The zero-order chi connectivity index (χ0) is 29.2. The van der Waals surface area contributed by atoms with E-state index in [1.807, 2.05) is 73.4 Å². The highest BCUT2D eigenvalue weighted by Gasteiger charge is 2.47. The molecule has 1 aromatic heterocycles. The first-order valence-electron chi connectivity index (χ1n) is 13.5.